The number of ether oxygens (including phenoxy) is 1. The second-order valence-corrected chi connectivity index (χ2v) is 7.31. The number of pyridine rings is 1. The van der Waals surface area contributed by atoms with Gasteiger partial charge in [-0.15, -0.1) is 0 Å². The van der Waals surface area contributed by atoms with Gasteiger partial charge in [0.2, 0.25) is 0 Å². The molecule has 2 rings (SSSR count). The number of nitrogens with zero attached hydrogens (tertiary/aromatic N) is 2. The Hall–Kier alpha value is -1.95. The van der Waals surface area contributed by atoms with Crippen molar-refractivity contribution in [2.45, 2.75) is 39.5 Å². The monoisotopic (exact) mass is 394 g/mol. The molecule has 2 aromatic rings. The van der Waals surface area contributed by atoms with E-state index in [0.717, 1.165) is 0 Å². The van der Waals surface area contributed by atoms with Gasteiger partial charge in [0.05, 0.1) is 18.8 Å². The minimum Gasteiger partial charge on any atom is -0.444 e. The predicted octanol–water partition coefficient (Wildman–Crippen LogP) is 4.92. The largest absolute Gasteiger partial charge is 0.444 e. The van der Waals surface area contributed by atoms with Gasteiger partial charge in [0.15, 0.2) is 0 Å². The van der Waals surface area contributed by atoms with Crippen LogP contribution in [0.3, 0.4) is 0 Å². The van der Waals surface area contributed by atoms with E-state index in [4.69, 9.17) is 4.74 Å². The maximum atomic E-state index is 14.1. The Morgan fingerprint density at radius 3 is 2.58 bits per heavy atom. The molecule has 0 aliphatic rings. The fourth-order valence-corrected chi connectivity index (χ4v) is 2.39. The molecule has 0 fully saturated rings. The number of carbonyl (C=O) groups excluding carboxylic acids is 1. The van der Waals surface area contributed by atoms with Crippen LogP contribution in [0.4, 0.5) is 9.18 Å². The molecule has 0 saturated heterocycles. The molecular formula is C18H20BrFN2O2. The van der Waals surface area contributed by atoms with Crippen LogP contribution in [0.1, 0.15) is 32.0 Å². The molecule has 6 heteroatoms. The van der Waals surface area contributed by atoms with Gasteiger partial charge in [0.25, 0.3) is 0 Å². The summed E-state index contributed by atoms with van der Waals surface area (Å²) in [6.45, 7) is 5.73. The van der Waals surface area contributed by atoms with Gasteiger partial charge in [-0.25, -0.2) is 9.18 Å². The number of amides is 1. The highest BCUT2D eigenvalue weighted by molar-refractivity contribution is 9.10. The van der Waals surface area contributed by atoms with Gasteiger partial charge in [-0.3, -0.25) is 9.88 Å². The zero-order chi connectivity index (χ0) is 17.7. The van der Waals surface area contributed by atoms with Crippen LogP contribution in [0.2, 0.25) is 0 Å². The number of benzene rings is 1. The Kier molecular flexibility index (Phi) is 5.94. The summed E-state index contributed by atoms with van der Waals surface area (Å²) in [6.07, 6.45) is 1.15. The Balaban J connectivity index is 2.23. The van der Waals surface area contributed by atoms with Gasteiger partial charge in [-0.2, -0.15) is 0 Å². The zero-order valence-corrected chi connectivity index (χ0v) is 15.5. The molecule has 128 valence electrons. The highest BCUT2D eigenvalue weighted by atomic mass is 79.9. The first-order chi connectivity index (χ1) is 11.2. The predicted molar refractivity (Wildman–Crippen MR) is 93.8 cm³/mol. The van der Waals surface area contributed by atoms with Crippen LogP contribution < -0.4 is 0 Å². The van der Waals surface area contributed by atoms with Crippen LogP contribution >= 0.6 is 15.9 Å². The second kappa shape index (κ2) is 7.75. The lowest BCUT2D eigenvalue weighted by atomic mass is 10.2. The first kappa shape index (κ1) is 18.4. The minimum absolute atomic E-state index is 0.102. The topological polar surface area (TPSA) is 42.4 Å². The fourth-order valence-electron chi connectivity index (χ4n) is 2.05. The second-order valence-electron chi connectivity index (χ2n) is 6.39. The normalized spacial score (nSPS) is 11.2. The maximum absolute atomic E-state index is 14.1. The van der Waals surface area contributed by atoms with Gasteiger partial charge >= 0.3 is 6.09 Å². The zero-order valence-electron chi connectivity index (χ0n) is 13.9. The third kappa shape index (κ3) is 5.60. The number of hydrogen-bond donors (Lipinski definition) is 0. The van der Waals surface area contributed by atoms with E-state index in [1.165, 1.54) is 11.0 Å². The first-order valence-corrected chi connectivity index (χ1v) is 8.36. The number of hydrogen-bond acceptors (Lipinski definition) is 3. The SMILES string of the molecule is CC(C)(C)OC(=O)N(Cc1ccccn1)Cc1ccc(Br)cc1F. The lowest BCUT2D eigenvalue weighted by Crippen LogP contribution is -2.36. The van der Waals surface area contributed by atoms with Crippen molar-refractivity contribution in [2.75, 3.05) is 0 Å². The van der Waals surface area contributed by atoms with Crippen LogP contribution in [-0.4, -0.2) is 21.6 Å². The van der Waals surface area contributed by atoms with E-state index in [9.17, 15) is 9.18 Å². The minimum atomic E-state index is -0.627. The van der Waals surface area contributed by atoms with Gasteiger partial charge in [-0.05, 0) is 45.0 Å². The molecule has 1 aromatic carbocycles. The number of halogens is 2. The molecular weight excluding hydrogens is 375 g/mol. The quantitative estimate of drug-likeness (QED) is 0.738. The highest BCUT2D eigenvalue weighted by Crippen LogP contribution is 2.19. The Labute approximate surface area is 149 Å². The average molecular weight is 395 g/mol. The molecule has 0 aliphatic carbocycles. The van der Waals surface area contributed by atoms with Crippen LogP contribution in [0, 0.1) is 5.82 Å². The summed E-state index contributed by atoms with van der Waals surface area (Å²) < 4.78 is 20.2. The Bertz CT molecular complexity index is 702. The van der Waals surface area contributed by atoms with Gasteiger partial charge in [-0.1, -0.05) is 28.1 Å². The van der Waals surface area contributed by atoms with Crippen LogP contribution in [0.5, 0.6) is 0 Å². The first-order valence-electron chi connectivity index (χ1n) is 7.56. The van der Waals surface area contributed by atoms with E-state index in [0.29, 0.717) is 15.7 Å². The van der Waals surface area contributed by atoms with E-state index >= 15 is 0 Å². The molecule has 0 radical (unpaired) electrons. The lowest BCUT2D eigenvalue weighted by Gasteiger charge is -2.27. The summed E-state index contributed by atoms with van der Waals surface area (Å²) >= 11 is 3.23. The molecule has 1 heterocycles. The lowest BCUT2D eigenvalue weighted by molar-refractivity contribution is 0.0212. The van der Waals surface area contributed by atoms with Crippen molar-refractivity contribution in [1.82, 2.24) is 9.88 Å². The molecule has 0 bridgehead atoms. The molecule has 1 aromatic heterocycles. The molecule has 1 amide bonds. The Morgan fingerprint density at radius 2 is 2.00 bits per heavy atom. The summed E-state index contributed by atoms with van der Waals surface area (Å²) in [5.74, 6) is -0.376. The third-order valence-electron chi connectivity index (χ3n) is 3.11. The van der Waals surface area contributed by atoms with E-state index in [1.807, 2.05) is 12.1 Å². The van der Waals surface area contributed by atoms with Gasteiger partial charge < -0.3 is 4.74 Å². The van der Waals surface area contributed by atoms with Crippen molar-refractivity contribution in [2.24, 2.45) is 0 Å². The van der Waals surface area contributed by atoms with Crippen molar-refractivity contribution in [3.63, 3.8) is 0 Å². The average Bonchev–Trinajstić information content (AvgIpc) is 2.48. The fraction of sp³-hybridized carbons (Fsp3) is 0.333. The maximum Gasteiger partial charge on any atom is 0.410 e. The van der Waals surface area contributed by atoms with Crippen LogP contribution in [0.25, 0.3) is 0 Å². The van der Waals surface area contributed by atoms with Crippen molar-refractivity contribution in [3.05, 3.63) is 64.1 Å². The van der Waals surface area contributed by atoms with Crippen molar-refractivity contribution in [3.8, 4) is 0 Å². The molecule has 0 saturated carbocycles. The summed E-state index contributed by atoms with van der Waals surface area (Å²) in [4.78, 5) is 18.2. The third-order valence-corrected chi connectivity index (χ3v) is 3.60. The summed E-state index contributed by atoms with van der Waals surface area (Å²) in [6, 6.07) is 10.2. The summed E-state index contributed by atoms with van der Waals surface area (Å²) in [5, 5.41) is 0. The standard InChI is InChI=1S/C18H20BrFN2O2/c1-18(2,3)24-17(23)22(12-15-6-4-5-9-21-15)11-13-7-8-14(19)10-16(13)20/h4-10H,11-12H2,1-3H3. The van der Waals surface area contributed by atoms with Crippen LogP contribution in [0.15, 0.2) is 47.1 Å². The molecule has 24 heavy (non-hydrogen) atoms. The van der Waals surface area contributed by atoms with Gasteiger partial charge in [0.1, 0.15) is 11.4 Å². The van der Waals surface area contributed by atoms with E-state index in [-0.39, 0.29) is 18.9 Å². The molecule has 4 nitrogen and oxygen atoms in total. The number of rotatable bonds is 4. The van der Waals surface area contributed by atoms with Gasteiger partial charge in [0, 0.05) is 16.2 Å². The molecule has 0 atom stereocenters. The number of aromatic nitrogens is 1. The molecule has 0 aliphatic heterocycles. The molecule has 0 spiro atoms. The van der Waals surface area contributed by atoms with E-state index in [1.54, 1.807) is 45.2 Å². The van der Waals surface area contributed by atoms with Crippen LogP contribution in [-0.2, 0) is 17.8 Å². The van der Waals surface area contributed by atoms with Crippen molar-refractivity contribution < 1.29 is 13.9 Å². The highest BCUT2D eigenvalue weighted by Gasteiger charge is 2.23. The van der Waals surface area contributed by atoms with Crippen molar-refractivity contribution >= 4 is 22.0 Å². The van der Waals surface area contributed by atoms with E-state index in [2.05, 4.69) is 20.9 Å². The molecule has 0 unspecified atom stereocenters. The number of carbonyl (C=O) groups is 1. The summed E-state index contributed by atoms with van der Waals surface area (Å²) in [5.41, 5.74) is 0.499. The molecule has 0 N–H and O–H groups in total. The van der Waals surface area contributed by atoms with E-state index < -0.39 is 11.7 Å². The van der Waals surface area contributed by atoms with Crippen molar-refractivity contribution in [1.29, 1.82) is 0 Å². The summed E-state index contributed by atoms with van der Waals surface area (Å²) in [7, 11) is 0. The Morgan fingerprint density at radius 1 is 1.25 bits per heavy atom. The smallest absolute Gasteiger partial charge is 0.410 e.